The molecule has 0 bridgehead atoms. The standard InChI is InChI=1S/C11H13NOS/c1-9(13)12-7-4-8-14-11-6-3-2-5-10(11)12/h2-3,5-6H,4,7-8H2,1H3. The first-order valence-electron chi connectivity index (χ1n) is 4.79. The second-order valence-electron chi connectivity index (χ2n) is 3.34. The van der Waals surface area contributed by atoms with Crippen molar-refractivity contribution < 1.29 is 4.79 Å². The molecule has 0 saturated carbocycles. The van der Waals surface area contributed by atoms with Crippen LogP contribution in [0.25, 0.3) is 0 Å². The van der Waals surface area contributed by atoms with Crippen LogP contribution >= 0.6 is 11.8 Å². The Morgan fingerprint density at radius 1 is 1.43 bits per heavy atom. The normalized spacial score (nSPS) is 15.9. The van der Waals surface area contributed by atoms with Crippen molar-refractivity contribution in [3.8, 4) is 0 Å². The number of carbonyl (C=O) groups is 1. The molecule has 0 fully saturated rings. The number of fused-ring (bicyclic) bond motifs is 1. The van der Waals surface area contributed by atoms with Crippen molar-refractivity contribution in [2.75, 3.05) is 17.2 Å². The average Bonchev–Trinajstić information content (AvgIpc) is 2.39. The van der Waals surface area contributed by atoms with Crippen LogP contribution in [0.2, 0.25) is 0 Å². The number of thioether (sulfide) groups is 1. The predicted molar refractivity (Wildman–Crippen MR) is 59.8 cm³/mol. The van der Waals surface area contributed by atoms with Gasteiger partial charge in [0, 0.05) is 18.4 Å². The van der Waals surface area contributed by atoms with E-state index in [1.165, 1.54) is 4.90 Å². The summed E-state index contributed by atoms with van der Waals surface area (Å²) in [5, 5.41) is 0. The quantitative estimate of drug-likeness (QED) is 0.651. The Labute approximate surface area is 88.3 Å². The fourth-order valence-corrected chi connectivity index (χ4v) is 2.65. The first-order chi connectivity index (χ1) is 6.79. The van der Waals surface area contributed by atoms with E-state index in [0.717, 1.165) is 24.4 Å². The van der Waals surface area contributed by atoms with Crippen LogP contribution in [0.15, 0.2) is 29.2 Å². The number of anilines is 1. The van der Waals surface area contributed by atoms with E-state index in [1.807, 2.05) is 34.9 Å². The van der Waals surface area contributed by atoms with Gasteiger partial charge in [0.15, 0.2) is 0 Å². The molecular weight excluding hydrogens is 194 g/mol. The summed E-state index contributed by atoms with van der Waals surface area (Å²) >= 11 is 1.84. The van der Waals surface area contributed by atoms with Crippen molar-refractivity contribution in [2.45, 2.75) is 18.2 Å². The van der Waals surface area contributed by atoms with Gasteiger partial charge in [-0.3, -0.25) is 4.79 Å². The van der Waals surface area contributed by atoms with Crippen LogP contribution in [-0.2, 0) is 4.79 Å². The molecule has 0 saturated heterocycles. The monoisotopic (exact) mass is 207 g/mol. The molecule has 0 atom stereocenters. The Morgan fingerprint density at radius 3 is 3.00 bits per heavy atom. The van der Waals surface area contributed by atoms with E-state index < -0.39 is 0 Å². The molecule has 3 heteroatoms. The van der Waals surface area contributed by atoms with Crippen LogP contribution in [0.4, 0.5) is 5.69 Å². The lowest BCUT2D eigenvalue weighted by Crippen LogP contribution is -2.29. The van der Waals surface area contributed by atoms with E-state index in [2.05, 4.69) is 6.07 Å². The third-order valence-corrected chi connectivity index (χ3v) is 3.47. The summed E-state index contributed by atoms with van der Waals surface area (Å²) in [7, 11) is 0. The predicted octanol–water partition coefficient (Wildman–Crippen LogP) is 2.54. The second-order valence-corrected chi connectivity index (χ2v) is 4.48. The number of benzene rings is 1. The molecular formula is C11H13NOS. The highest BCUT2D eigenvalue weighted by Gasteiger charge is 2.17. The summed E-state index contributed by atoms with van der Waals surface area (Å²) in [5.41, 5.74) is 1.07. The van der Waals surface area contributed by atoms with Crippen LogP contribution in [0, 0.1) is 0 Å². The summed E-state index contributed by atoms with van der Waals surface area (Å²) in [6.45, 7) is 2.48. The topological polar surface area (TPSA) is 20.3 Å². The van der Waals surface area contributed by atoms with Crippen molar-refractivity contribution in [1.29, 1.82) is 0 Å². The maximum Gasteiger partial charge on any atom is 0.223 e. The van der Waals surface area contributed by atoms with Crippen LogP contribution < -0.4 is 4.90 Å². The molecule has 1 aromatic rings. The third-order valence-electron chi connectivity index (χ3n) is 2.32. The van der Waals surface area contributed by atoms with Gasteiger partial charge < -0.3 is 4.90 Å². The minimum absolute atomic E-state index is 0.139. The molecule has 0 aromatic heterocycles. The van der Waals surface area contributed by atoms with Gasteiger partial charge in [0.05, 0.1) is 5.69 Å². The smallest absolute Gasteiger partial charge is 0.223 e. The van der Waals surface area contributed by atoms with E-state index in [0.29, 0.717) is 0 Å². The Morgan fingerprint density at radius 2 is 2.21 bits per heavy atom. The summed E-state index contributed by atoms with van der Waals surface area (Å²) < 4.78 is 0. The highest BCUT2D eigenvalue weighted by Crippen LogP contribution is 2.33. The van der Waals surface area contributed by atoms with Gasteiger partial charge in [-0.25, -0.2) is 0 Å². The number of hydrogen-bond acceptors (Lipinski definition) is 2. The first kappa shape index (κ1) is 9.59. The van der Waals surface area contributed by atoms with Crippen molar-refractivity contribution in [3.05, 3.63) is 24.3 Å². The van der Waals surface area contributed by atoms with Crippen LogP contribution in [-0.4, -0.2) is 18.2 Å². The lowest BCUT2D eigenvalue weighted by molar-refractivity contribution is -0.116. The molecule has 2 rings (SSSR count). The Bertz CT molecular complexity index is 351. The lowest BCUT2D eigenvalue weighted by Gasteiger charge is -2.20. The van der Waals surface area contributed by atoms with Gasteiger partial charge >= 0.3 is 0 Å². The Kier molecular flexibility index (Phi) is 2.77. The van der Waals surface area contributed by atoms with E-state index in [-0.39, 0.29) is 5.91 Å². The maximum absolute atomic E-state index is 11.4. The number of amides is 1. The minimum atomic E-state index is 0.139. The molecule has 1 amide bonds. The van der Waals surface area contributed by atoms with Gasteiger partial charge in [0.1, 0.15) is 0 Å². The number of nitrogens with zero attached hydrogens (tertiary/aromatic N) is 1. The van der Waals surface area contributed by atoms with E-state index >= 15 is 0 Å². The average molecular weight is 207 g/mol. The largest absolute Gasteiger partial charge is 0.312 e. The summed E-state index contributed by atoms with van der Waals surface area (Å²) in [5.74, 6) is 1.24. The number of carbonyl (C=O) groups excluding carboxylic acids is 1. The molecule has 1 heterocycles. The molecule has 0 aliphatic carbocycles. The van der Waals surface area contributed by atoms with Gasteiger partial charge in [0.2, 0.25) is 5.91 Å². The molecule has 74 valence electrons. The molecule has 1 aromatic carbocycles. The maximum atomic E-state index is 11.4. The second kappa shape index (κ2) is 4.05. The number of para-hydroxylation sites is 1. The molecule has 0 unspecified atom stereocenters. The van der Waals surface area contributed by atoms with Crippen molar-refractivity contribution >= 4 is 23.4 Å². The fourth-order valence-electron chi connectivity index (χ4n) is 1.65. The number of rotatable bonds is 0. The molecule has 0 radical (unpaired) electrons. The lowest BCUT2D eigenvalue weighted by atomic mass is 10.2. The van der Waals surface area contributed by atoms with Crippen molar-refractivity contribution in [2.24, 2.45) is 0 Å². The van der Waals surface area contributed by atoms with Crippen LogP contribution in [0.5, 0.6) is 0 Å². The van der Waals surface area contributed by atoms with Crippen molar-refractivity contribution in [3.63, 3.8) is 0 Å². The molecule has 0 N–H and O–H groups in total. The molecule has 0 spiro atoms. The highest BCUT2D eigenvalue weighted by molar-refractivity contribution is 7.99. The Balaban J connectivity index is 2.42. The van der Waals surface area contributed by atoms with E-state index in [1.54, 1.807) is 6.92 Å². The highest BCUT2D eigenvalue weighted by atomic mass is 32.2. The summed E-state index contributed by atoms with van der Waals surface area (Å²) in [6, 6.07) is 8.12. The zero-order chi connectivity index (χ0) is 9.97. The van der Waals surface area contributed by atoms with Crippen molar-refractivity contribution in [1.82, 2.24) is 0 Å². The minimum Gasteiger partial charge on any atom is -0.312 e. The van der Waals surface area contributed by atoms with Gasteiger partial charge in [0.25, 0.3) is 0 Å². The van der Waals surface area contributed by atoms with E-state index in [9.17, 15) is 4.79 Å². The number of hydrogen-bond donors (Lipinski definition) is 0. The van der Waals surface area contributed by atoms with Gasteiger partial charge in [-0.1, -0.05) is 12.1 Å². The fraction of sp³-hybridized carbons (Fsp3) is 0.364. The third kappa shape index (κ3) is 1.77. The SMILES string of the molecule is CC(=O)N1CCCSc2ccccc21. The summed E-state index contributed by atoms with van der Waals surface area (Å²) in [6.07, 6.45) is 1.07. The van der Waals surface area contributed by atoms with Crippen LogP contribution in [0.3, 0.4) is 0 Å². The van der Waals surface area contributed by atoms with E-state index in [4.69, 9.17) is 0 Å². The summed E-state index contributed by atoms with van der Waals surface area (Å²) in [4.78, 5) is 14.5. The van der Waals surface area contributed by atoms with Gasteiger partial charge in [-0.05, 0) is 24.3 Å². The molecule has 14 heavy (non-hydrogen) atoms. The molecule has 2 nitrogen and oxygen atoms in total. The zero-order valence-corrected chi connectivity index (χ0v) is 9.01. The Hall–Kier alpha value is -0.960. The first-order valence-corrected chi connectivity index (χ1v) is 5.77. The molecule has 1 aliphatic heterocycles. The zero-order valence-electron chi connectivity index (χ0n) is 8.19. The molecule has 1 aliphatic rings. The van der Waals surface area contributed by atoms with Gasteiger partial charge in [-0.15, -0.1) is 11.8 Å². The van der Waals surface area contributed by atoms with Gasteiger partial charge in [-0.2, -0.15) is 0 Å². The van der Waals surface area contributed by atoms with Crippen LogP contribution in [0.1, 0.15) is 13.3 Å².